The third kappa shape index (κ3) is 2.71. The summed E-state index contributed by atoms with van der Waals surface area (Å²) >= 11 is 0. The van der Waals surface area contributed by atoms with Crippen LogP contribution in [0.25, 0.3) is 0 Å². The summed E-state index contributed by atoms with van der Waals surface area (Å²) in [5, 5.41) is 8.38. The fraction of sp³-hybridized carbons (Fsp3) is 0.250. The van der Waals surface area contributed by atoms with Crippen LogP contribution in [0, 0.1) is 17.5 Å². The van der Waals surface area contributed by atoms with Gasteiger partial charge >= 0.3 is 0 Å². The smallest absolute Gasteiger partial charge is 0.246 e. The second-order valence-corrected chi connectivity index (χ2v) is 4.52. The van der Waals surface area contributed by atoms with E-state index >= 15 is 0 Å². The van der Waals surface area contributed by atoms with E-state index in [1.807, 2.05) is 0 Å². The van der Waals surface area contributed by atoms with Crippen LogP contribution in [-0.2, 0) is 10.0 Å². The summed E-state index contributed by atoms with van der Waals surface area (Å²) in [5.74, 6) is -4.26. The molecule has 0 atom stereocenters. The number of hydrogen-bond donors (Lipinski definition) is 2. The van der Waals surface area contributed by atoms with E-state index in [-0.39, 0.29) is 12.1 Å². The lowest BCUT2D eigenvalue weighted by Crippen LogP contribution is -2.28. The molecule has 0 radical (unpaired) electrons. The molecule has 1 aromatic carbocycles. The van der Waals surface area contributed by atoms with Crippen molar-refractivity contribution in [3.05, 3.63) is 29.6 Å². The molecule has 0 bridgehead atoms. The summed E-state index contributed by atoms with van der Waals surface area (Å²) < 4.78 is 63.0. The Hall–Kier alpha value is -1.12. The van der Waals surface area contributed by atoms with E-state index in [9.17, 15) is 21.6 Å². The van der Waals surface area contributed by atoms with Crippen LogP contribution in [-0.4, -0.2) is 26.7 Å². The van der Waals surface area contributed by atoms with E-state index in [1.54, 1.807) is 4.72 Å². The van der Waals surface area contributed by atoms with E-state index in [2.05, 4.69) is 0 Å². The zero-order valence-corrected chi connectivity index (χ0v) is 8.69. The van der Waals surface area contributed by atoms with E-state index in [1.165, 1.54) is 0 Å². The van der Waals surface area contributed by atoms with Crippen LogP contribution in [0.5, 0.6) is 0 Å². The molecule has 8 heteroatoms. The van der Waals surface area contributed by atoms with Gasteiger partial charge in [0.05, 0.1) is 6.61 Å². The number of sulfonamides is 1. The van der Waals surface area contributed by atoms with Crippen molar-refractivity contribution in [3.63, 3.8) is 0 Å². The summed E-state index contributed by atoms with van der Waals surface area (Å²) in [4.78, 5) is -1.26. The molecule has 0 aromatic heterocycles. The minimum absolute atomic E-state index is 0.261. The van der Waals surface area contributed by atoms with Gasteiger partial charge in [-0.15, -0.1) is 0 Å². The molecule has 0 saturated heterocycles. The maximum absolute atomic E-state index is 13.1. The van der Waals surface area contributed by atoms with E-state index < -0.39 is 45.5 Å². The number of nitrogens with one attached hydrogen (secondary N) is 1. The summed E-state index contributed by atoms with van der Waals surface area (Å²) in [7, 11) is -4.43. The summed E-state index contributed by atoms with van der Waals surface area (Å²) in [6.45, 7) is -0.914. The lowest BCUT2D eigenvalue weighted by atomic mass is 10.3. The Balaban J connectivity index is 3.23. The number of benzene rings is 1. The molecule has 0 saturated carbocycles. The first-order valence-corrected chi connectivity index (χ1v) is 5.62. The van der Waals surface area contributed by atoms with Gasteiger partial charge in [0, 0.05) is 18.7 Å². The van der Waals surface area contributed by atoms with Crippen LogP contribution in [0.4, 0.5) is 13.2 Å². The number of aliphatic hydroxyl groups excluding tert-OH is 1. The summed E-state index contributed by atoms with van der Waals surface area (Å²) in [6, 6.07) is 0.521. The van der Waals surface area contributed by atoms with Gasteiger partial charge in [0.1, 0.15) is 17.5 Å². The average molecular weight is 255 g/mol. The molecule has 0 aliphatic rings. The number of rotatable bonds is 4. The summed E-state index contributed by atoms with van der Waals surface area (Å²) in [6.07, 6.45) is 0. The Labute approximate surface area is 89.8 Å². The quantitative estimate of drug-likeness (QED) is 0.817. The van der Waals surface area contributed by atoms with Crippen LogP contribution in [0.2, 0.25) is 0 Å². The van der Waals surface area contributed by atoms with Gasteiger partial charge in [-0.3, -0.25) is 0 Å². The molecule has 0 fully saturated rings. The third-order valence-corrected chi connectivity index (χ3v) is 3.15. The monoisotopic (exact) mass is 255 g/mol. The van der Waals surface area contributed by atoms with Crippen LogP contribution >= 0.6 is 0 Å². The molecule has 2 N–H and O–H groups in total. The molecule has 0 heterocycles. The van der Waals surface area contributed by atoms with Gasteiger partial charge in [-0.25, -0.2) is 26.3 Å². The van der Waals surface area contributed by atoms with E-state index in [0.717, 1.165) is 0 Å². The van der Waals surface area contributed by atoms with Gasteiger partial charge in [0.2, 0.25) is 10.0 Å². The molecular weight excluding hydrogens is 247 g/mol. The van der Waals surface area contributed by atoms with Crippen molar-refractivity contribution in [2.24, 2.45) is 0 Å². The highest BCUT2D eigenvalue weighted by atomic mass is 32.2. The standard InChI is InChI=1S/C8H8F3NO3S/c9-5-3-6(10)8(7(11)4-5)16(14,15)12-1-2-13/h3-4,12-13H,1-2H2. The molecule has 1 rings (SSSR count). The van der Waals surface area contributed by atoms with Gasteiger partial charge in [-0.05, 0) is 0 Å². The Bertz CT molecular complexity index is 466. The van der Waals surface area contributed by atoms with Crippen molar-refractivity contribution in [2.75, 3.05) is 13.2 Å². The van der Waals surface area contributed by atoms with Crippen molar-refractivity contribution in [2.45, 2.75) is 4.90 Å². The SMILES string of the molecule is O=S(=O)(NCCO)c1c(F)cc(F)cc1F. The highest BCUT2D eigenvalue weighted by Gasteiger charge is 2.24. The normalized spacial score (nSPS) is 11.8. The Kier molecular flexibility index (Phi) is 3.89. The van der Waals surface area contributed by atoms with Crippen molar-refractivity contribution in [3.8, 4) is 0 Å². The fourth-order valence-electron chi connectivity index (χ4n) is 1.04. The van der Waals surface area contributed by atoms with Crippen molar-refractivity contribution < 1.29 is 26.7 Å². The lowest BCUT2D eigenvalue weighted by Gasteiger charge is -2.07. The molecule has 16 heavy (non-hydrogen) atoms. The van der Waals surface area contributed by atoms with Crippen LogP contribution < -0.4 is 4.72 Å². The molecular formula is C8H8F3NO3S. The number of hydrogen-bond acceptors (Lipinski definition) is 3. The maximum atomic E-state index is 13.1. The van der Waals surface area contributed by atoms with E-state index in [4.69, 9.17) is 5.11 Å². The minimum Gasteiger partial charge on any atom is -0.395 e. The highest BCUT2D eigenvalue weighted by Crippen LogP contribution is 2.19. The molecule has 0 aliphatic carbocycles. The molecule has 0 aliphatic heterocycles. The third-order valence-electron chi connectivity index (χ3n) is 1.64. The van der Waals surface area contributed by atoms with Crippen molar-refractivity contribution in [1.82, 2.24) is 4.72 Å². The molecule has 0 unspecified atom stereocenters. The highest BCUT2D eigenvalue weighted by molar-refractivity contribution is 7.89. The number of aliphatic hydroxyl groups is 1. The van der Waals surface area contributed by atoms with E-state index in [0.29, 0.717) is 0 Å². The van der Waals surface area contributed by atoms with Crippen LogP contribution in [0.1, 0.15) is 0 Å². The molecule has 0 spiro atoms. The zero-order chi connectivity index (χ0) is 12.3. The summed E-state index contributed by atoms with van der Waals surface area (Å²) in [5.41, 5.74) is 0. The lowest BCUT2D eigenvalue weighted by molar-refractivity contribution is 0.300. The van der Waals surface area contributed by atoms with Crippen LogP contribution in [0.15, 0.2) is 17.0 Å². The largest absolute Gasteiger partial charge is 0.395 e. The predicted molar refractivity (Wildman–Crippen MR) is 48.6 cm³/mol. The van der Waals surface area contributed by atoms with Gasteiger partial charge in [0.25, 0.3) is 0 Å². The van der Waals surface area contributed by atoms with Crippen molar-refractivity contribution >= 4 is 10.0 Å². The number of halogens is 3. The predicted octanol–water partition coefficient (Wildman–Crippen LogP) is 0.375. The van der Waals surface area contributed by atoms with Gasteiger partial charge in [-0.2, -0.15) is 0 Å². The molecule has 0 amide bonds. The first-order chi connectivity index (χ1) is 7.38. The van der Waals surface area contributed by atoms with Gasteiger partial charge in [0.15, 0.2) is 4.90 Å². The van der Waals surface area contributed by atoms with Crippen molar-refractivity contribution in [1.29, 1.82) is 0 Å². The second kappa shape index (κ2) is 4.81. The molecule has 90 valence electrons. The van der Waals surface area contributed by atoms with Gasteiger partial charge in [-0.1, -0.05) is 0 Å². The average Bonchev–Trinajstić information content (AvgIpc) is 2.12. The maximum Gasteiger partial charge on any atom is 0.246 e. The fourth-order valence-corrected chi connectivity index (χ4v) is 2.17. The zero-order valence-electron chi connectivity index (χ0n) is 7.87. The Morgan fingerprint density at radius 1 is 1.19 bits per heavy atom. The Morgan fingerprint density at radius 2 is 1.69 bits per heavy atom. The second-order valence-electron chi connectivity index (χ2n) is 2.82. The topological polar surface area (TPSA) is 66.4 Å². The van der Waals surface area contributed by atoms with Gasteiger partial charge < -0.3 is 5.11 Å². The molecule has 4 nitrogen and oxygen atoms in total. The Morgan fingerprint density at radius 3 is 2.12 bits per heavy atom. The first-order valence-electron chi connectivity index (χ1n) is 4.13. The first kappa shape index (κ1) is 12.9. The minimum atomic E-state index is -4.43. The van der Waals surface area contributed by atoms with Crippen LogP contribution in [0.3, 0.4) is 0 Å². The molecule has 1 aromatic rings.